The summed E-state index contributed by atoms with van der Waals surface area (Å²) < 4.78 is 10.3. The number of nitrogens with zero attached hydrogens (tertiary/aromatic N) is 1. The first-order valence-electron chi connectivity index (χ1n) is 6.93. The van der Waals surface area contributed by atoms with Crippen molar-refractivity contribution in [3.8, 4) is 11.5 Å². The van der Waals surface area contributed by atoms with E-state index in [1.807, 2.05) is 0 Å². The molecule has 0 aliphatic carbocycles. The van der Waals surface area contributed by atoms with Gasteiger partial charge in [0, 0.05) is 12.1 Å². The Hall–Kier alpha value is -1.64. The van der Waals surface area contributed by atoms with Crippen molar-refractivity contribution in [3.05, 3.63) is 53.4 Å². The molecule has 1 amide bonds. The standard InChI is InChI=1S/C15H9Cl5N2O5/c1-26-8-3-2-6(22(24)25)4-7(8)21-9(23)5-27-15-13(19)11(17)10(16)12(18)14(15)20/h2-4H,5H2,1H3,(H,21,23). The second-order valence-corrected chi connectivity index (χ2v) is 6.77. The zero-order chi connectivity index (χ0) is 20.3. The summed E-state index contributed by atoms with van der Waals surface area (Å²) in [7, 11) is 1.35. The molecule has 27 heavy (non-hydrogen) atoms. The molecule has 0 spiro atoms. The second-order valence-electron chi connectivity index (χ2n) is 4.88. The third kappa shape index (κ3) is 4.80. The number of carbonyl (C=O) groups excluding carboxylic acids is 1. The van der Waals surface area contributed by atoms with Crippen molar-refractivity contribution in [2.75, 3.05) is 19.0 Å². The molecule has 2 rings (SSSR count). The predicted octanol–water partition coefficient (Wildman–Crippen LogP) is 5.89. The number of nitro groups is 1. The van der Waals surface area contributed by atoms with Crippen molar-refractivity contribution in [3.63, 3.8) is 0 Å². The van der Waals surface area contributed by atoms with Crippen LogP contribution in [0.3, 0.4) is 0 Å². The summed E-state index contributed by atoms with van der Waals surface area (Å²) in [6, 6.07) is 3.73. The Morgan fingerprint density at radius 2 is 1.63 bits per heavy atom. The normalized spacial score (nSPS) is 10.4. The molecule has 2 aromatic carbocycles. The van der Waals surface area contributed by atoms with Crippen molar-refractivity contribution < 1.29 is 19.2 Å². The Bertz CT molecular complexity index is 893. The molecule has 0 atom stereocenters. The van der Waals surface area contributed by atoms with Crippen LogP contribution >= 0.6 is 58.0 Å². The fourth-order valence-corrected chi connectivity index (χ4v) is 3.17. The molecule has 7 nitrogen and oxygen atoms in total. The third-order valence-corrected chi connectivity index (χ3v) is 5.43. The Balaban J connectivity index is 2.19. The molecule has 0 aliphatic rings. The van der Waals surface area contributed by atoms with Crippen LogP contribution in [0, 0.1) is 10.1 Å². The number of anilines is 1. The number of halogens is 5. The maximum atomic E-state index is 12.2. The van der Waals surface area contributed by atoms with Gasteiger partial charge in [-0.25, -0.2) is 0 Å². The molecular weight excluding hydrogens is 465 g/mol. The zero-order valence-electron chi connectivity index (χ0n) is 13.3. The van der Waals surface area contributed by atoms with Crippen molar-refractivity contribution in [1.29, 1.82) is 0 Å². The fraction of sp³-hybridized carbons (Fsp3) is 0.133. The molecule has 2 aromatic rings. The van der Waals surface area contributed by atoms with Crippen LogP contribution in [0.15, 0.2) is 18.2 Å². The number of non-ortho nitro benzene ring substituents is 1. The highest BCUT2D eigenvalue weighted by Gasteiger charge is 2.21. The fourth-order valence-electron chi connectivity index (χ4n) is 1.94. The van der Waals surface area contributed by atoms with Crippen LogP contribution < -0.4 is 14.8 Å². The van der Waals surface area contributed by atoms with Crippen molar-refractivity contribution in [2.24, 2.45) is 0 Å². The number of hydrogen-bond donors (Lipinski definition) is 1. The number of amides is 1. The monoisotopic (exact) mass is 472 g/mol. The molecule has 0 aromatic heterocycles. The molecule has 0 radical (unpaired) electrons. The van der Waals surface area contributed by atoms with Gasteiger partial charge in [0.05, 0.1) is 32.8 Å². The molecule has 0 unspecified atom stereocenters. The molecular formula is C15H9Cl5N2O5. The van der Waals surface area contributed by atoms with Gasteiger partial charge in [-0.3, -0.25) is 14.9 Å². The molecule has 0 saturated carbocycles. The molecule has 0 fully saturated rings. The molecule has 1 N–H and O–H groups in total. The Morgan fingerprint density at radius 3 is 2.15 bits per heavy atom. The molecule has 0 heterocycles. The lowest BCUT2D eigenvalue weighted by Crippen LogP contribution is -2.21. The number of benzene rings is 2. The first kappa shape index (κ1) is 21.7. The van der Waals surface area contributed by atoms with Gasteiger partial charge in [0.1, 0.15) is 15.8 Å². The van der Waals surface area contributed by atoms with Gasteiger partial charge in [0.2, 0.25) is 0 Å². The van der Waals surface area contributed by atoms with Gasteiger partial charge in [0.25, 0.3) is 11.6 Å². The Kier molecular flexibility index (Phi) is 7.25. The zero-order valence-corrected chi connectivity index (χ0v) is 17.1. The molecule has 0 bridgehead atoms. The van der Waals surface area contributed by atoms with Crippen LogP contribution in [-0.4, -0.2) is 24.5 Å². The van der Waals surface area contributed by atoms with E-state index >= 15 is 0 Å². The van der Waals surface area contributed by atoms with E-state index < -0.39 is 17.4 Å². The topological polar surface area (TPSA) is 90.7 Å². The molecule has 144 valence electrons. The van der Waals surface area contributed by atoms with Gasteiger partial charge in [-0.2, -0.15) is 0 Å². The van der Waals surface area contributed by atoms with Gasteiger partial charge in [-0.1, -0.05) is 58.0 Å². The van der Waals surface area contributed by atoms with E-state index in [2.05, 4.69) is 5.32 Å². The average molecular weight is 475 g/mol. The number of hydrogen-bond acceptors (Lipinski definition) is 5. The number of nitrogens with one attached hydrogen (secondary N) is 1. The largest absolute Gasteiger partial charge is 0.495 e. The number of carbonyl (C=O) groups is 1. The van der Waals surface area contributed by atoms with E-state index in [0.717, 1.165) is 6.07 Å². The summed E-state index contributed by atoms with van der Waals surface area (Å²) in [5.74, 6) is -0.565. The number of ether oxygens (including phenoxy) is 2. The van der Waals surface area contributed by atoms with Crippen LogP contribution in [0.1, 0.15) is 0 Å². The quantitative estimate of drug-likeness (QED) is 0.244. The third-order valence-electron chi connectivity index (χ3n) is 3.19. The first-order chi connectivity index (χ1) is 12.7. The van der Waals surface area contributed by atoms with E-state index in [0.29, 0.717) is 0 Å². The highest BCUT2D eigenvalue weighted by Crippen LogP contribution is 2.48. The van der Waals surface area contributed by atoms with E-state index in [9.17, 15) is 14.9 Å². The first-order valence-corrected chi connectivity index (χ1v) is 8.82. The average Bonchev–Trinajstić information content (AvgIpc) is 2.64. The summed E-state index contributed by atoms with van der Waals surface area (Å²) in [5, 5.41) is 12.9. The van der Waals surface area contributed by atoms with Gasteiger partial charge in [-0.15, -0.1) is 0 Å². The summed E-state index contributed by atoms with van der Waals surface area (Å²) in [6.07, 6.45) is 0. The van der Waals surface area contributed by atoms with Gasteiger partial charge in [0.15, 0.2) is 12.4 Å². The van der Waals surface area contributed by atoms with E-state index in [1.54, 1.807) is 0 Å². The van der Waals surface area contributed by atoms with Crippen molar-refractivity contribution in [1.82, 2.24) is 0 Å². The Morgan fingerprint density at radius 1 is 1.07 bits per heavy atom. The highest BCUT2D eigenvalue weighted by atomic mass is 35.5. The lowest BCUT2D eigenvalue weighted by Gasteiger charge is -2.14. The van der Waals surface area contributed by atoms with Crippen LogP contribution in [0.25, 0.3) is 0 Å². The second kappa shape index (κ2) is 9.03. The summed E-state index contributed by atoms with van der Waals surface area (Å²) >= 11 is 29.7. The molecule has 12 heteroatoms. The predicted molar refractivity (Wildman–Crippen MR) is 105 cm³/mol. The Labute approximate surface area is 178 Å². The van der Waals surface area contributed by atoms with Gasteiger partial charge >= 0.3 is 0 Å². The minimum atomic E-state index is -0.664. The van der Waals surface area contributed by atoms with E-state index in [-0.39, 0.29) is 48.0 Å². The van der Waals surface area contributed by atoms with Crippen molar-refractivity contribution in [2.45, 2.75) is 0 Å². The maximum absolute atomic E-state index is 12.2. The number of methoxy groups -OCH3 is 1. The minimum absolute atomic E-state index is 0.0496. The lowest BCUT2D eigenvalue weighted by molar-refractivity contribution is -0.384. The number of nitro benzene ring substituents is 1. The molecule has 0 saturated heterocycles. The SMILES string of the molecule is COc1ccc([N+](=O)[O-])cc1NC(=O)COc1c(Cl)c(Cl)c(Cl)c(Cl)c1Cl. The van der Waals surface area contributed by atoms with Gasteiger partial charge < -0.3 is 14.8 Å². The van der Waals surface area contributed by atoms with Crippen LogP contribution in [-0.2, 0) is 4.79 Å². The van der Waals surface area contributed by atoms with Crippen LogP contribution in [0.4, 0.5) is 11.4 Å². The van der Waals surface area contributed by atoms with Crippen LogP contribution in [0.2, 0.25) is 25.1 Å². The minimum Gasteiger partial charge on any atom is -0.495 e. The lowest BCUT2D eigenvalue weighted by atomic mass is 10.2. The van der Waals surface area contributed by atoms with E-state index in [4.69, 9.17) is 67.5 Å². The summed E-state index contributed by atoms with van der Waals surface area (Å²) in [4.78, 5) is 22.4. The maximum Gasteiger partial charge on any atom is 0.271 e. The van der Waals surface area contributed by atoms with Gasteiger partial charge in [-0.05, 0) is 6.07 Å². The summed E-state index contributed by atoms with van der Waals surface area (Å²) in [6.45, 7) is -0.542. The number of rotatable bonds is 6. The van der Waals surface area contributed by atoms with Crippen molar-refractivity contribution >= 4 is 75.3 Å². The van der Waals surface area contributed by atoms with Crippen LogP contribution in [0.5, 0.6) is 11.5 Å². The van der Waals surface area contributed by atoms with E-state index in [1.165, 1.54) is 19.2 Å². The smallest absolute Gasteiger partial charge is 0.271 e. The molecule has 0 aliphatic heterocycles. The highest BCUT2D eigenvalue weighted by molar-refractivity contribution is 6.55. The summed E-state index contributed by atoms with van der Waals surface area (Å²) in [5.41, 5.74) is -0.140.